The zero-order valence-electron chi connectivity index (χ0n) is 11.5. The minimum absolute atomic E-state index is 0.577. The second-order valence-electron chi connectivity index (χ2n) is 5.78. The zero-order valence-corrected chi connectivity index (χ0v) is 12.5. The summed E-state index contributed by atoms with van der Waals surface area (Å²) in [6, 6.07) is 0. The van der Waals surface area contributed by atoms with E-state index < -0.39 is 8.07 Å². The van der Waals surface area contributed by atoms with Crippen molar-refractivity contribution in [2.45, 2.75) is 66.1 Å². The van der Waals surface area contributed by atoms with E-state index in [2.05, 4.69) is 51.9 Å². The predicted octanol–water partition coefficient (Wildman–Crippen LogP) is 4.72. The van der Waals surface area contributed by atoms with Crippen LogP contribution in [0.4, 0.5) is 0 Å². The summed E-state index contributed by atoms with van der Waals surface area (Å²) in [7, 11) is -1.17. The molecule has 0 aliphatic rings. The van der Waals surface area contributed by atoms with Crippen molar-refractivity contribution in [2.24, 2.45) is 11.8 Å². The van der Waals surface area contributed by atoms with Crippen LogP contribution in [0.25, 0.3) is 0 Å². The second kappa shape index (κ2) is 7.12. The lowest BCUT2D eigenvalue weighted by molar-refractivity contribution is 0.419. The molecule has 0 saturated carbocycles. The van der Waals surface area contributed by atoms with E-state index in [0.29, 0.717) is 5.92 Å². The molecule has 0 saturated heterocycles. The van der Waals surface area contributed by atoms with Gasteiger partial charge in [0.15, 0.2) is 0 Å². The van der Waals surface area contributed by atoms with Gasteiger partial charge >= 0.3 is 0 Å². The van der Waals surface area contributed by atoms with Gasteiger partial charge in [-0.1, -0.05) is 59.7 Å². The quantitative estimate of drug-likeness (QED) is 0.360. The molecule has 0 rings (SSSR count). The minimum Gasteiger partial charge on any atom is -0.132 e. The van der Waals surface area contributed by atoms with Gasteiger partial charge in [0.1, 0.15) is 8.07 Å². The average molecular weight is 224 g/mol. The van der Waals surface area contributed by atoms with Crippen LogP contribution in [0.1, 0.15) is 46.5 Å². The highest BCUT2D eigenvalue weighted by molar-refractivity contribution is 6.83. The Morgan fingerprint density at radius 2 is 1.67 bits per heavy atom. The van der Waals surface area contributed by atoms with Crippen molar-refractivity contribution < 1.29 is 0 Å². The molecule has 88 valence electrons. The van der Waals surface area contributed by atoms with E-state index >= 15 is 0 Å². The highest BCUT2D eigenvalue weighted by Crippen LogP contribution is 2.18. The summed E-state index contributed by atoms with van der Waals surface area (Å²) in [4.78, 5) is 0. The molecule has 0 unspecified atom stereocenters. The van der Waals surface area contributed by atoms with Gasteiger partial charge in [-0.25, -0.2) is 0 Å². The molecule has 0 heterocycles. The van der Waals surface area contributed by atoms with Gasteiger partial charge < -0.3 is 0 Å². The first-order chi connectivity index (χ1) is 6.87. The molecule has 0 aromatic heterocycles. The summed E-state index contributed by atoms with van der Waals surface area (Å²) in [5.74, 6) is 4.80. The second-order valence-corrected chi connectivity index (χ2v) is 10.5. The highest BCUT2D eigenvalue weighted by Gasteiger charge is 2.11. The molecule has 15 heavy (non-hydrogen) atoms. The molecule has 2 atom stereocenters. The SMILES string of the molecule is CCCCC[C@H](C)[C@H](C)C#C[Si](C)(C)C. The van der Waals surface area contributed by atoms with Crippen LogP contribution in [0.3, 0.4) is 0 Å². The molecule has 0 N–H and O–H groups in total. The van der Waals surface area contributed by atoms with E-state index in [-0.39, 0.29) is 0 Å². The number of unbranched alkanes of at least 4 members (excludes halogenated alkanes) is 2. The smallest absolute Gasteiger partial charge is 0.129 e. The fourth-order valence-electron chi connectivity index (χ4n) is 1.44. The maximum Gasteiger partial charge on any atom is 0.129 e. The third kappa shape index (κ3) is 8.75. The molecule has 0 fully saturated rings. The molecule has 1 heteroatoms. The highest BCUT2D eigenvalue weighted by atomic mass is 28.3. The summed E-state index contributed by atoms with van der Waals surface area (Å²) in [5.41, 5.74) is 3.48. The lowest BCUT2D eigenvalue weighted by Gasteiger charge is -2.15. The zero-order chi connectivity index (χ0) is 11.9. The van der Waals surface area contributed by atoms with Crippen molar-refractivity contribution >= 4 is 8.07 Å². The molecule has 0 aliphatic carbocycles. The van der Waals surface area contributed by atoms with E-state index in [1.54, 1.807) is 0 Å². The maximum absolute atomic E-state index is 3.48. The van der Waals surface area contributed by atoms with Crippen LogP contribution >= 0.6 is 0 Å². The molecule has 0 amide bonds. The van der Waals surface area contributed by atoms with Crippen LogP contribution in [0.5, 0.6) is 0 Å². The average Bonchev–Trinajstić information content (AvgIpc) is 2.13. The topological polar surface area (TPSA) is 0 Å². The van der Waals surface area contributed by atoms with Gasteiger partial charge in [-0.3, -0.25) is 0 Å². The van der Waals surface area contributed by atoms with Crippen molar-refractivity contribution in [3.8, 4) is 11.5 Å². The Bertz CT molecular complexity index is 214. The number of hydrogen-bond donors (Lipinski definition) is 0. The van der Waals surface area contributed by atoms with Crippen LogP contribution in [0, 0.1) is 23.3 Å². The summed E-state index contributed by atoms with van der Waals surface area (Å²) < 4.78 is 0. The van der Waals surface area contributed by atoms with Crippen LogP contribution in [-0.2, 0) is 0 Å². The summed E-state index contributed by atoms with van der Waals surface area (Å²) in [6.45, 7) is 13.8. The Labute approximate surface area is 97.9 Å². The van der Waals surface area contributed by atoms with Gasteiger partial charge in [-0.15, -0.1) is 11.5 Å². The molecule has 0 bridgehead atoms. The van der Waals surface area contributed by atoms with Crippen molar-refractivity contribution in [3.63, 3.8) is 0 Å². The van der Waals surface area contributed by atoms with Gasteiger partial charge in [-0.2, -0.15) is 0 Å². The van der Waals surface area contributed by atoms with Gasteiger partial charge in [0, 0.05) is 5.92 Å². The largest absolute Gasteiger partial charge is 0.132 e. The number of rotatable bonds is 5. The molecule has 0 aliphatic heterocycles. The van der Waals surface area contributed by atoms with Crippen LogP contribution in [-0.4, -0.2) is 8.07 Å². The van der Waals surface area contributed by atoms with E-state index in [0.717, 1.165) is 5.92 Å². The Morgan fingerprint density at radius 3 is 2.13 bits per heavy atom. The van der Waals surface area contributed by atoms with Crippen molar-refractivity contribution in [1.82, 2.24) is 0 Å². The normalized spacial score (nSPS) is 15.3. The molecule has 0 aromatic carbocycles. The first kappa shape index (κ1) is 14.8. The summed E-state index contributed by atoms with van der Waals surface area (Å²) in [6.07, 6.45) is 5.41. The Hall–Kier alpha value is -0.223. The first-order valence-corrected chi connectivity index (χ1v) is 9.89. The third-order valence-electron chi connectivity index (χ3n) is 2.79. The Balaban J connectivity index is 3.97. The van der Waals surface area contributed by atoms with Crippen molar-refractivity contribution in [1.29, 1.82) is 0 Å². The summed E-state index contributed by atoms with van der Waals surface area (Å²) >= 11 is 0. The molecule has 0 spiro atoms. The fraction of sp³-hybridized carbons (Fsp3) is 0.857. The minimum atomic E-state index is -1.17. The van der Waals surface area contributed by atoms with Gasteiger partial charge in [0.2, 0.25) is 0 Å². The molecule has 0 radical (unpaired) electrons. The Morgan fingerprint density at radius 1 is 1.07 bits per heavy atom. The van der Waals surface area contributed by atoms with Crippen LogP contribution in [0.15, 0.2) is 0 Å². The van der Waals surface area contributed by atoms with Crippen LogP contribution < -0.4 is 0 Å². The van der Waals surface area contributed by atoms with E-state index in [1.165, 1.54) is 25.7 Å². The van der Waals surface area contributed by atoms with E-state index in [4.69, 9.17) is 0 Å². The Kier molecular flexibility index (Phi) is 7.01. The molecular weight excluding hydrogens is 196 g/mol. The monoisotopic (exact) mass is 224 g/mol. The van der Waals surface area contributed by atoms with Gasteiger partial charge in [0.25, 0.3) is 0 Å². The predicted molar refractivity (Wildman–Crippen MR) is 73.6 cm³/mol. The van der Waals surface area contributed by atoms with Crippen molar-refractivity contribution in [3.05, 3.63) is 0 Å². The van der Waals surface area contributed by atoms with E-state index in [9.17, 15) is 0 Å². The van der Waals surface area contributed by atoms with Gasteiger partial charge in [-0.05, 0) is 12.3 Å². The standard InChI is InChI=1S/C14H28Si/c1-7-8-9-10-13(2)14(3)11-12-15(4,5)6/h13-14H,7-10H2,1-6H3/t13-,14+/m0/s1. The lowest BCUT2D eigenvalue weighted by Crippen LogP contribution is -2.17. The maximum atomic E-state index is 3.48. The summed E-state index contributed by atoms with van der Waals surface area (Å²) in [5, 5.41) is 0. The van der Waals surface area contributed by atoms with Crippen molar-refractivity contribution in [2.75, 3.05) is 0 Å². The lowest BCUT2D eigenvalue weighted by atomic mass is 9.91. The fourth-order valence-corrected chi connectivity index (χ4v) is 2.10. The molecular formula is C14H28Si. The number of hydrogen-bond acceptors (Lipinski definition) is 0. The van der Waals surface area contributed by atoms with Gasteiger partial charge in [0.05, 0.1) is 0 Å². The third-order valence-corrected chi connectivity index (χ3v) is 3.69. The first-order valence-electron chi connectivity index (χ1n) is 6.39. The van der Waals surface area contributed by atoms with Crippen LogP contribution in [0.2, 0.25) is 19.6 Å². The molecule has 0 nitrogen and oxygen atoms in total. The molecule has 0 aromatic rings. The van der Waals surface area contributed by atoms with E-state index in [1.807, 2.05) is 0 Å².